The minimum atomic E-state index is -0.354. The Balaban J connectivity index is 1.36. The topological polar surface area (TPSA) is 85.6 Å². The van der Waals surface area contributed by atoms with E-state index in [1.54, 1.807) is 0 Å². The maximum atomic E-state index is 13.0. The highest BCUT2D eigenvalue weighted by atomic mass is 32.2. The summed E-state index contributed by atoms with van der Waals surface area (Å²) in [7, 11) is 0. The number of thioether (sulfide) groups is 1. The fourth-order valence-electron chi connectivity index (χ4n) is 3.77. The molecular formula is C24H22N6OS2. The first kappa shape index (κ1) is 21.5. The number of carbonyl (C=O) groups excluding carboxylic acids is 1. The first-order valence-corrected chi connectivity index (χ1v) is 12.5. The van der Waals surface area contributed by atoms with Gasteiger partial charge in [-0.05, 0) is 19.4 Å². The van der Waals surface area contributed by atoms with Crippen LogP contribution in [0.4, 0.5) is 5.13 Å². The van der Waals surface area contributed by atoms with E-state index in [4.69, 9.17) is 4.98 Å². The molecule has 0 aliphatic rings. The van der Waals surface area contributed by atoms with Crippen molar-refractivity contribution in [1.29, 1.82) is 0 Å². The number of aromatic nitrogens is 5. The van der Waals surface area contributed by atoms with Crippen LogP contribution >= 0.6 is 23.1 Å². The monoisotopic (exact) mass is 474 g/mol. The molecule has 3 aromatic heterocycles. The van der Waals surface area contributed by atoms with Gasteiger partial charge in [0.1, 0.15) is 5.52 Å². The van der Waals surface area contributed by atoms with Crippen LogP contribution in [0.2, 0.25) is 0 Å². The van der Waals surface area contributed by atoms with E-state index in [9.17, 15) is 4.79 Å². The van der Waals surface area contributed by atoms with Gasteiger partial charge in [-0.15, -0.1) is 21.5 Å². The molecule has 0 aliphatic heterocycles. The maximum absolute atomic E-state index is 13.0. The SMILES string of the molecule is CCC(Sc1nnc2c3ccccc3n(CC)c2n1)C(=O)Nc1nc(-c2ccccc2)cs1. The first-order chi connectivity index (χ1) is 16.2. The first-order valence-electron chi connectivity index (χ1n) is 10.8. The molecule has 5 rings (SSSR count). The summed E-state index contributed by atoms with van der Waals surface area (Å²) in [5.74, 6) is -0.115. The molecule has 0 saturated carbocycles. The molecule has 0 spiro atoms. The molecule has 2 aromatic carbocycles. The van der Waals surface area contributed by atoms with Gasteiger partial charge in [0.25, 0.3) is 0 Å². The number of anilines is 1. The molecule has 0 fully saturated rings. The lowest BCUT2D eigenvalue weighted by Gasteiger charge is -2.12. The second-order valence-electron chi connectivity index (χ2n) is 7.44. The highest BCUT2D eigenvalue weighted by molar-refractivity contribution is 8.00. The lowest BCUT2D eigenvalue weighted by molar-refractivity contribution is -0.115. The number of aryl methyl sites for hydroxylation is 1. The van der Waals surface area contributed by atoms with E-state index in [-0.39, 0.29) is 11.2 Å². The Morgan fingerprint density at radius 2 is 1.85 bits per heavy atom. The molecule has 166 valence electrons. The van der Waals surface area contributed by atoms with Crippen molar-refractivity contribution in [1.82, 2.24) is 24.7 Å². The average molecular weight is 475 g/mol. The average Bonchev–Trinajstić information content (AvgIpc) is 3.45. The van der Waals surface area contributed by atoms with E-state index >= 15 is 0 Å². The van der Waals surface area contributed by atoms with Gasteiger partial charge in [-0.25, -0.2) is 9.97 Å². The maximum Gasteiger partial charge on any atom is 0.239 e. The van der Waals surface area contributed by atoms with Crippen LogP contribution in [0.1, 0.15) is 20.3 Å². The van der Waals surface area contributed by atoms with Crippen molar-refractivity contribution in [2.24, 2.45) is 0 Å². The molecule has 0 aliphatic carbocycles. The van der Waals surface area contributed by atoms with Crippen molar-refractivity contribution in [3.05, 3.63) is 60.0 Å². The third kappa shape index (κ3) is 4.21. The molecule has 0 saturated heterocycles. The molecule has 1 amide bonds. The van der Waals surface area contributed by atoms with Gasteiger partial charge >= 0.3 is 0 Å². The Labute approximate surface area is 199 Å². The van der Waals surface area contributed by atoms with Crippen molar-refractivity contribution < 1.29 is 4.79 Å². The lowest BCUT2D eigenvalue weighted by atomic mass is 10.2. The van der Waals surface area contributed by atoms with Gasteiger partial charge in [0.05, 0.1) is 16.5 Å². The Bertz CT molecular complexity index is 1430. The standard InChI is InChI=1S/C24H22N6OS2/c1-3-19(22(31)27-23-25-17(14-32-23)15-10-6-5-7-11-15)33-24-26-21-20(28-29-24)16-12-8-9-13-18(16)30(21)4-2/h5-14,19H,3-4H2,1-2H3,(H,25,27,31). The van der Waals surface area contributed by atoms with Crippen molar-refractivity contribution in [3.63, 3.8) is 0 Å². The molecule has 3 heterocycles. The number of benzene rings is 2. The normalized spacial score (nSPS) is 12.3. The molecule has 1 N–H and O–H groups in total. The number of nitrogens with one attached hydrogen (secondary N) is 1. The molecule has 33 heavy (non-hydrogen) atoms. The summed E-state index contributed by atoms with van der Waals surface area (Å²) < 4.78 is 2.13. The fourth-order valence-corrected chi connectivity index (χ4v) is 5.30. The summed E-state index contributed by atoms with van der Waals surface area (Å²) in [5.41, 5.74) is 4.53. The largest absolute Gasteiger partial charge is 0.324 e. The zero-order valence-corrected chi connectivity index (χ0v) is 19.9. The number of fused-ring (bicyclic) bond motifs is 3. The van der Waals surface area contributed by atoms with E-state index in [0.717, 1.165) is 39.9 Å². The molecule has 7 nitrogen and oxygen atoms in total. The van der Waals surface area contributed by atoms with Crippen molar-refractivity contribution >= 4 is 56.2 Å². The number of amides is 1. The summed E-state index contributed by atoms with van der Waals surface area (Å²) in [5, 5.41) is 15.4. The highest BCUT2D eigenvalue weighted by Crippen LogP contribution is 2.30. The Morgan fingerprint density at radius 3 is 2.64 bits per heavy atom. The molecule has 0 bridgehead atoms. The van der Waals surface area contributed by atoms with Gasteiger partial charge < -0.3 is 9.88 Å². The second kappa shape index (κ2) is 9.29. The summed E-state index contributed by atoms with van der Waals surface area (Å²) in [6.45, 7) is 4.84. The number of para-hydroxylation sites is 1. The van der Waals surface area contributed by atoms with Crippen LogP contribution in [0.3, 0.4) is 0 Å². The van der Waals surface area contributed by atoms with Crippen LogP contribution < -0.4 is 5.32 Å². The summed E-state index contributed by atoms with van der Waals surface area (Å²) in [6, 6.07) is 18.0. The van der Waals surface area contributed by atoms with Crippen LogP contribution in [-0.2, 0) is 11.3 Å². The van der Waals surface area contributed by atoms with E-state index < -0.39 is 0 Å². The molecule has 1 unspecified atom stereocenters. The molecule has 9 heteroatoms. The number of nitrogens with zero attached hydrogens (tertiary/aromatic N) is 5. The number of thiazole rings is 1. The molecule has 5 aromatic rings. The zero-order valence-electron chi connectivity index (χ0n) is 18.2. The fraction of sp³-hybridized carbons (Fsp3) is 0.208. The molecule has 1 atom stereocenters. The third-order valence-corrected chi connectivity index (χ3v) is 7.36. The Kier molecular flexibility index (Phi) is 6.06. The number of hydrogen-bond acceptors (Lipinski definition) is 7. The van der Waals surface area contributed by atoms with Crippen LogP contribution in [0, 0.1) is 0 Å². The summed E-state index contributed by atoms with van der Waals surface area (Å²) in [4.78, 5) is 22.3. The smallest absolute Gasteiger partial charge is 0.239 e. The van der Waals surface area contributed by atoms with Gasteiger partial charge in [0, 0.05) is 22.9 Å². The van der Waals surface area contributed by atoms with Crippen molar-refractivity contribution in [2.75, 3.05) is 5.32 Å². The van der Waals surface area contributed by atoms with Crippen LogP contribution in [0.25, 0.3) is 33.3 Å². The van der Waals surface area contributed by atoms with Crippen LogP contribution in [-0.4, -0.2) is 35.9 Å². The van der Waals surface area contributed by atoms with Gasteiger partial charge in [0.2, 0.25) is 11.1 Å². The van der Waals surface area contributed by atoms with Crippen molar-refractivity contribution in [3.8, 4) is 11.3 Å². The van der Waals surface area contributed by atoms with Crippen LogP contribution in [0.15, 0.2) is 65.1 Å². The zero-order chi connectivity index (χ0) is 22.8. The van der Waals surface area contributed by atoms with Gasteiger partial charge in [-0.2, -0.15) is 0 Å². The summed E-state index contributed by atoms with van der Waals surface area (Å²) >= 11 is 2.75. The van der Waals surface area contributed by atoms with E-state index in [1.165, 1.54) is 23.1 Å². The number of rotatable bonds is 7. The lowest BCUT2D eigenvalue weighted by Crippen LogP contribution is -2.24. The minimum absolute atomic E-state index is 0.115. The quantitative estimate of drug-likeness (QED) is 0.308. The Morgan fingerprint density at radius 1 is 1.06 bits per heavy atom. The number of hydrogen-bond donors (Lipinski definition) is 1. The molecular weight excluding hydrogens is 452 g/mol. The summed E-state index contributed by atoms with van der Waals surface area (Å²) in [6.07, 6.45) is 0.631. The molecule has 0 radical (unpaired) electrons. The second-order valence-corrected chi connectivity index (χ2v) is 9.46. The van der Waals surface area contributed by atoms with Crippen molar-refractivity contribution in [2.45, 2.75) is 37.2 Å². The highest BCUT2D eigenvalue weighted by Gasteiger charge is 2.22. The third-order valence-electron chi connectivity index (χ3n) is 5.39. The predicted octanol–water partition coefficient (Wildman–Crippen LogP) is 5.63. The van der Waals surface area contributed by atoms with E-state index in [2.05, 4.69) is 38.1 Å². The van der Waals surface area contributed by atoms with Gasteiger partial charge in [0.15, 0.2) is 10.8 Å². The predicted molar refractivity (Wildman–Crippen MR) is 135 cm³/mol. The number of carbonyl (C=O) groups is 1. The van der Waals surface area contributed by atoms with Gasteiger partial charge in [-0.3, -0.25) is 4.79 Å². The minimum Gasteiger partial charge on any atom is -0.324 e. The van der Waals surface area contributed by atoms with E-state index in [0.29, 0.717) is 16.7 Å². The van der Waals surface area contributed by atoms with Crippen LogP contribution in [0.5, 0.6) is 0 Å². The van der Waals surface area contributed by atoms with Gasteiger partial charge in [-0.1, -0.05) is 67.2 Å². The van der Waals surface area contributed by atoms with E-state index in [1.807, 2.05) is 60.8 Å². The Hall–Kier alpha value is -3.30.